The zero-order valence-electron chi connectivity index (χ0n) is 11.8. The summed E-state index contributed by atoms with van der Waals surface area (Å²) in [5.74, 6) is 2.31. The topological polar surface area (TPSA) is 57.6 Å². The molecular formula is C16H23NO3. The summed E-state index contributed by atoms with van der Waals surface area (Å²) in [6.07, 6.45) is 7.53. The minimum absolute atomic E-state index is 0.172. The number of fused-ring (bicyclic) bond motifs is 5. The van der Waals surface area contributed by atoms with E-state index in [1.807, 2.05) is 0 Å². The van der Waals surface area contributed by atoms with Gasteiger partial charge in [-0.1, -0.05) is 12.8 Å². The number of likely N-dealkylation sites (tertiary alicyclic amines) is 1. The molecule has 0 aromatic heterocycles. The second-order valence-corrected chi connectivity index (χ2v) is 7.25. The highest BCUT2D eigenvalue weighted by atomic mass is 16.4. The summed E-state index contributed by atoms with van der Waals surface area (Å²) >= 11 is 0. The van der Waals surface area contributed by atoms with Gasteiger partial charge < -0.3 is 10.0 Å². The van der Waals surface area contributed by atoms with Crippen molar-refractivity contribution < 1.29 is 14.7 Å². The highest BCUT2D eigenvalue weighted by Crippen LogP contribution is 2.69. The highest BCUT2D eigenvalue weighted by molar-refractivity contribution is 5.87. The van der Waals surface area contributed by atoms with Crippen molar-refractivity contribution in [1.29, 1.82) is 0 Å². The molecule has 1 heterocycles. The van der Waals surface area contributed by atoms with Crippen LogP contribution in [0.4, 0.5) is 0 Å². The van der Waals surface area contributed by atoms with Crippen molar-refractivity contribution in [3.8, 4) is 0 Å². The van der Waals surface area contributed by atoms with Crippen molar-refractivity contribution in [2.24, 2.45) is 29.6 Å². The number of hydrogen-bond donors (Lipinski definition) is 1. The Bertz CT molecular complexity index is 433. The van der Waals surface area contributed by atoms with Crippen molar-refractivity contribution >= 4 is 11.9 Å². The maximum absolute atomic E-state index is 12.8. The monoisotopic (exact) mass is 277 g/mol. The molecule has 4 aliphatic rings. The van der Waals surface area contributed by atoms with Crippen LogP contribution in [0.2, 0.25) is 0 Å². The minimum atomic E-state index is -0.811. The Hall–Kier alpha value is -1.06. The summed E-state index contributed by atoms with van der Waals surface area (Å²) in [4.78, 5) is 26.0. The SMILES string of the molecule is O=C(O)C1CCCCCN1C(=O)C1C2C3CCC(C3)C12. The summed E-state index contributed by atoms with van der Waals surface area (Å²) < 4.78 is 0. The van der Waals surface area contributed by atoms with Crippen molar-refractivity contribution in [2.45, 2.75) is 51.0 Å². The molecule has 5 atom stereocenters. The minimum Gasteiger partial charge on any atom is -0.480 e. The number of carbonyl (C=O) groups excluding carboxylic acids is 1. The van der Waals surface area contributed by atoms with Crippen LogP contribution in [0.5, 0.6) is 0 Å². The molecule has 1 N–H and O–H groups in total. The van der Waals surface area contributed by atoms with Crippen LogP contribution < -0.4 is 0 Å². The maximum Gasteiger partial charge on any atom is 0.326 e. The lowest BCUT2D eigenvalue weighted by atomic mass is 10.0. The number of hydrogen-bond acceptors (Lipinski definition) is 2. The van der Waals surface area contributed by atoms with Crippen LogP contribution in [-0.4, -0.2) is 34.5 Å². The fourth-order valence-electron chi connectivity index (χ4n) is 5.48. The van der Waals surface area contributed by atoms with Gasteiger partial charge in [-0.05, 0) is 55.8 Å². The molecule has 20 heavy (non-hydrogen) atoms. The first-order valence-corrected chi connectivity index (χ1v) is 8.22. The third kappa shape index (κ3) is 1.73. The van der Waals surface area contributed by atoms with E-state index < -0.39 is 12.0 Å². The lowest BCUT2D eigenvalue weighted by molar-refractivity contribution is -0.151. The van der Waals surface area contributed by atoms with Crippen LogP contribution in [0.1, 0.15) is 44.9 Å². The predicted octanol–water partition coefficient (Wildman–Crippen LogP) is 2.13. The Kier molecular flexibility index (Phi) is 2.83. The number of carbonyl (C=O) groups is 2. The number of amides is 1. The number of aliphatic carboxylic acids is 1. The number of carboxylic acid groups (broad SMARTS) is 1. The molecule has 2 bridgehead atoms. The van der Waals surface area contributed by atoms with Gasteiger partial charge in [-0.25, -0.2) is 4.79 Å². The van der Waals surface area contributed by atoms with E-state index in [-0.39, 0.29) is 11.8 Å². The molecule has 5 unspecified atom stereocenters. The number of carboxylic acids is 1. The standard InChI is InChI=1S/C16H23NO3/c18-15(14-12-9-5-6-10(8-9)13(12)14)17-7-3-1-2-4-11(17)16(19)20/h9-14H,1-8H2,(H,19,20). The second kappa shape index (κ2) is 4.47. The molecule has 0 radical (unpaired) electrons. The molecule has 3 saturated carbocycles. The summed E-state index contributed by atoms with van der Waals surface area (Å²) in [6.45, 7) is 0.654. The van der Waals surface area contributed by atoms with E-state index in [1.54, 1.807) is 4.90 Å². The van der Waals surface area contributed by atoms with Gasteiger partial charge in [0, 0.05) is 12.5 Å². The van der Waals surface area contributed by atoms with Crippen molar-refractivity contribution in [3.05, 3.63) is 0 Å². The summed E-state index contributed by atoms with van der Waals surface area (Å²) in [5.41, 5.74) is 0. The number of nitrogens with zero attached hydrogens (tertiary/aromatic N) is 1. The van der Waals surface area contributed by atoms with E-state index in [1.165, 1.54) is 19.3 Å². The Balaban J connectivity index is 1.51. The normalized spacial score (nSPS) is 45.9. The van der Waals surface area contributed by atoms with Crippen LogP contribution in [0, 0.1) is 29.6 Å². The molecule has 3 aliphatic carbocycles. The first kappa shape index (κ1) is 12.7. The van der Waals surface area contributed by atoms with Crippen molar-refractivity contribution in [1.82, 2.24) is 4.90 Å². The molecule has 1 saturated heterocycles. The lowest BCUT2D eigenvalue weighted by Crippen LogP contribution is -2.46. The van der Waals surface area contributed by atoms with E-state index in [0.717, 1.165) is 31.1 Å². The highest BCUT2D eigenvalue weighted by Gasteiger charge is 2.68. The van der Waals surface area contributed by atoms with Crippen LogP contribution in [0.3, 0.4) is 0 Å². The van der Waals surface area contributed by atoms with Crippen LogP contribution in [-0.2, 0) is 9.59 Å². The van der Waals surface area contributed by atoms with Crippen LogP contribution >= 0.6 is 0 Å². The molecule has 4 fully saturated rings. The van der Waals surface area contributed by atoms with Crippen LogP contribution in [0.25, 0.3) is 0 Å². The van der Waals surface area contributed by atoms with Gasteiger partial charge in [-0.3, -0.25) is 4.79 Å². The van der Waals surface area contributed by atoms with Crippen molar-refractivity contribution in [3.63, 3.8) is 0 Å². The van der Waals surface area contributed by atoms with Gasteiger partial charge >= 0.3 is 5.97 Å². The molecular weight excluding hydrogens is 254 g/mol. The zero-order valence-corrected chi connectivity index (χ0v) is 11.8. The van der Waals surface area contributed by atoms with Gasteiger partial charge in [0.1, 0.15) is 6.04 Å². The Morgan fingerprint density at radius 1 is 0.950 bits per heavy atom. The maximum atomic E-state index is 12.8. The van der Waals surface area contributed by atoms with Gasteiger partial charge in [0.05, 0.1) is 0 Å². The zero-order chi connectivity index (χ0) is 13.9. The molecule has 4 rings (SSSR count). The molecule has 1 amide bonds. The van der Waals surface area contributed by atoms with Gasteiger partial charge in [0.15, 0.2) is 0 Å². The largest absolute Gasteiger partial charge is 0.480 e. The molecule has 4 heteroatoms. The Morgan fingerprint density at radius 2 is 1.65 bits per heavy atom. The van der Waals surface area contributed by atoms with E-state index in [4.69, 9.17) is 0 Å². The van der Waals surface area contributed by atoms with E-state index in [2.05, 4.69) is 0 Å². The van der Waals surface area contributed by atoms with Gasteiger partial charge in [-0.15, -0.1) is 0 Å². The molecule has 0 aromatic rings. The molecule has 1 aliphatic heterocycles. The third-order valence-corrected chi connectivity index (χ3v) is 6.34. The average Bonchev–Trinajstić information content (AvgIpc) is 3.00. The molecule has 0 aromatic carbocycles. The van der Waals surface area contributed by atoms with E-state index in [0.29, 0.717) is 24.8 Å². The Labute approximate surface area is 119 Å². The molecule has 110 valence electrons. The predicted molar refractivity (Wildman–Crippen MR) is 72.9 cm³/mol. The fourth-order valence-corrected chi connectivity index (χ4v) is 5.48. The van der Waals surface area contributed by atoms with E-state index >= 15 is 0 Å². The van der Waals surface area contributed by atoms with Crippen LogP contribution in [0.15, 0.2) is 0 Å². The van der Waals surface area contributed by atoms with Gasteiger partial charge in [0.25, 0.3) is 0 Å². The smallest absolute Gasteiger partial charge is 0.326 e. The van der Waals surface area contributed by atoms with Gasteiger partial charge in [0.2, 0.25) is 5.91 Å². The Morgan fingerprint density at radius 3 is 2.30 bits per heavy atom. The molecule has 0 spiro atoms. The molecule has 4 nitrogen and oxygen atoms in total. The first-order valence-electron chi connectivity index (χ1n) is 8.22. The second-order valence-electron chi connectivity index (χ2n) is 7.25. The fraction of sp³-hybridized carbons (Fsp3) is 0.875. The summed E-state index contributed by atoms with van der Waals surface area (Å²) in [5, 5.41) is 9.41. The van der Waals surface area contributed by atoms with E-state index in [9.17, 15) is 14.7 Å². The van der Waals surface area contributed by atoms with Gasteiger partial charge in [-0.2, -0.15) is 0 Å². The quantitative estimate of drug-likeness (QED) is 0.841. The summed E-state index contributed by atoms with van der Waals surface area (Å²) in [6, 6.07) is -0.566. The van der Waals surface area contributed by atoms with Crippen molar-refractivity contribution in [2.75, 3.05) is 6.54 Å². The average molecular weight is 277 g/mol. The lowest BCUT2D eigenvalue weighted by Gasteiger charge is -2.28. The summed E-state index contributed by atoms with van der Waals surface area (Å²) in [7, 11) is 0. The first-order chi connectivity index (χ1) is 9.68. The third-order valence-electron chi connectivity index (χ3n) is 6.34. The number of rotatable bonds is 2.